The summed E-state index contributed by atoms with van der Waals surface area (Å²) >= 11 is 0. The molecule has 0 aliphatic heterocycles. The molecule has 82 valence electrons. The molecule has 0 spiro atoms. The normalized spacial score (nSPS) is 11.9. The summed E-state index contributed by atoms with van der Waals surface area (Å²) in [6.45, 7) is 3.99. The van der Waals surface area contributed by atoms with Crippen molar-refractivity contribution in [2.24, 2.45) is 0 Å². The van der Waals surface area contributed by atoms with Gasteiger partial charge in [0.15, 0.2) is 0 Å². The number of hydrogen-bond acceptors (Lipinski definition) is 3. The molecule has 0 rings (SSSR count). The maximum atomic E-state index is 11.0. The van der Waals surface area contributed by atoms with Gasteiger partial charge in [0.2, 0.25) is 0 Å². The molecule has 0 heterocycles. The van der Waals surface area contributed by atoms with E-state index in [-0.39, 0.29) is 6.42 Å². The zero-order chi connectivity index (χ0) is 11.0. The number of nitrogens with one attached hydrogen (secondary N) is 1. The molecule has 0 aliphatic carbocycles. The molecule has 5 nitrogen and oxygen atoms in total. The predicted molar refractivity (Wildman–Crippen MR) is 51.1 cm³/mol. The zero-order valence-corrected chi connectivity index (χ0v) is 8.58. The Hall–Kier alpha value is -1.26. The third-order valence-electron chi connectivity index (χ3n) is 1.58. The quantitative estimate of drug-likeness (QED) is 0.639. The summed E-state index contributed by atoms with van der Waals surface area (Å²) in [4.78, 5) is 21.2. The smallest absolute Gasteiger partial charge is 0.407 e. The number of rotatable bonds is 6. The van der Waals surface area contributed by atoms with E-state index in [0.717, 1.165) is 12.8 Å². The highest BCUT2D eigenvalue weighted by molar-refractivity contribution is 5.71. The molecule has 0 aromatic heterocycles. The van der Waals surface area contributed by atoms with Gasteiger partial charge in [0.25, 0.3) is 0 Å². The Morgan fingerprint density at radius 1 is 1.50 bits per heavy atom. The molecule has 1 amide bonds. The van der Waals surface area contributed by atoms with Crippen LogP contribution < -0.4 is 5.32 Å². The number of hydrogen-bond donors (Lipinski definition) is 2. The number of carbonyl (C=O) groups excluding carboxylic acids is 1. The third-order valence-corrected chi connectivity index (χ3v) is 1.58. The van der Waals surface area contributed by atoms with Crippen molar-refractivity contribution in [1.29, 1.82) is 0 Å². The fourth-order valence-corrected chi connectivity index (χ4v) is 0.865. The lowest BCUT2D eigenvalue weighted by molar-refractivity contribution is -0.137. The van der Waals surface area contributed by atoms with Gasteiger partial charge in [-0.25, -0.2) is 4.79 Å². The van der Waals surface area contributed by atoms with Crippen LogP contribution in [0.5, 0.6) is 0 Å². The molecular formula is C9H17NO4. The molecule has 14 heavy (non-hydrogen) atoms. The highest BCUT2D eigenvalue weighted by atomic mass is 16.5. The lowest BCUT2D eigenvalue weighted by Crippen LogP contribution is -2.34. The van der Waals surface area contributed by atoms with Gasteiger partial charge in [-0.3, -0.25) is 4.79 Å². The fourth-order valence-electron chi connectivity index (χ4n) is 0.865. The summed E-state index contributed by atoms with van der Waals surface area (Å²) in [6.07, 6.45) is 1.13. The van der Waals surface area contributed by atoms with Crippen LogP contribution in [0, 0.1) is 0 Å². The van der Waals surface area contributed by atoms with Gasteiger partial charge in [0, 0.05) is 6.04 Å². The lowest BCUT2D eigenvalue weighted by atomic mass is 10.2. The van der Waals surface area contributed by atoms with Crippen molar-refractivity contribution in [1.82, 2.24) is 5.32 Å². The van der Waals surface area contributed by atoms with E-state index in [4.69, 9.17) is 9.84 Å². The van der Waals surface area contributed by atoms with Crippen LogP contribution in [0.3, 0.4) is 0 Å². The maximum absolute atomic E-state index is 11.0. The molecule has 0 saturated carbocycles. The molecule has 0 aromatic rings. The van der Waals surface area contributed by atoms with E-state index in [9.17, 15) is 9.59 Å². The van der Waals surface area contributed by atoms with Crippen LogP contribution in [-0.2, 0) is 9.53 Å². The van der Waals surface area contributed by atoms with Crippen LogP contribution in [0.15, 0.2) is 0 Å². The molecule has 0 unspecified atom stereocenters. The maximum Gasteiger partial charge on any atom is 0.407 e. The van der Waals surface area contributed by atoms with Crippen molar-refractivity contribution in [3.63, 3.8) is 0 Å². The molecule has 0 aliphatic rings. The molecule has 2 N–H and O–H groups in total. The number of carboxylic acid groups (broad SMARTS) is 1. The first-order chi connectivity index (χ1) is 6.56. The van der Waals surface area contributed by atoms with E-state index in [1.807, 2.05) is 6.92 Å². The van der Waals surface area contributed by atoms with Crippen molar-refractivity contribution < 1.29 is 19.4 Å². The van der Waals surface area contributed by atoms with E-state index in [1.54, 1.807) is 6.92 Å². The van der Waals surface area contributed by atoms with Crippen molar-refractivity contribution >= 4 is 12.1 Å². The first kappa shape index (κ1) is 12.7. The highest BCUT2D eigenvalue weighted by Crippen LogP contribution is 1.93. The second kappa shape index (κ2) is 7.17. The lowest BCUT2D eigenvalue weighted by Gasteiger charge is -2.11. The Morgan fingerprint density at radius 2 is 2.14 bits per heavy atom. The summed E-state index contributed by atoms with van der Waals surface area (Å²) in [7, 11) is 0. The van der Waals surface area contributed by atoms with E-state index >= 15 is 0 Å². The summed E-state index contributed by atoms with van der Waals surface area (Å²) in [6, 6.07) is -0.401. The average Bonchev–Trinajstić information content (AvgIpc) is 2.02. The second-order valence-electron chi connectivity index (χ2n) is 3.13. The van der Waals surface area contributed by atoms with Crippen LogP contribution in [0.1, 0.15) is 33.1 Å². The minimum absolute atomic E-state index is 0.0944. The van der Waals surface area contributed by atoms with Crippen molar-refractivity contribution in [2.75, 3.05) is 6.61 Å². The fraction of sp³-hybridized carbons (Fsp3) is 0.778. The predicted octanol–water partition coefficient (Wildman–Crippen LogP) is 1.38. The number of ether oxygens (including phenoxy) is 1. The first-order valence-corrected chi connectivity index (χ1v) is 4.71. The Balaban J connectivity index is 3.55. The average molecular weight is 203 g/mol. The van der Waals surface area contributed by atoms with Crippen molar-refractivity contribution in [3.05, 3.63) is 0 Å². The van der Waals surface area contributed by atoms with Crippen LogP contribution in [-0.4, -0.2) is 29.8 Å². The molecule has 1 atom stereocenters. The number of amides is 1. The molecule has 0 aromatic carbocycles. The molecule has 0 radical (unpaired) electrons. The van der Waals surface area contributed by atoms with Crippen LogP contribution in [0.4, 0.5) is 4.79 Å². The van der Waals surface area contributed by atoms with Crippen molar-refractivity contribution in [2.45, 2.75) is 39.2 Å². The van der Waals surface area contributed by atoms with Crippen LogP contribution in [0.25, 0.3) is 0 Å². The van der Waals surface area contributed by atoms with Crippen molar-refractivity contribution in [3.8, 4) is 0 Å². The Kier molecular flexibility index (Phi) is 6.53. The van der Waals surface area contributed by atoms with Crippen LogP contribution in [0.2, 0.25) is 0 Å². The SMILES string of the molecule is CCCCOC(=O)N[C@H](C)CC(=O)O. The molecule has 0 fully saturated rings. The molecular weight excluding hydrogens is 186 g/mol. The van der Waals surface area contributed by atoms with Gasteiger partial charge in [-0.1, -0.05) is 13.3 Å². The van der Waals surface area contributed by atoms with Gasteiger partial charge in [0.05, 0.1) is 13.0 Å². The van der Waals surface area contributed by atoms with E-state index in [2.05, 4.69) is 5.32 Å². The van der Waals surface area contributed by atoms with Gasteiger partial charge in [-0.2, -0.15) is 0 Å². The highest BCUT2D eigenvalue weighted by Gasteiger charge is 2.10. The van der Waals surface area contributed by atoms with Gasteiger partial charge in [0.1, 0.15) is 0 Å². The van der Waals surface area contributed by atoms with E-state index < -0.39 is 18.1 Å². The van der Waals surface area contributed by atoms with E-state index in [0.29, 0.717) is 6.61 Å². The second-order valence-corrected chi connectivity index (χ2v) is 3.13. The van der Waals surface area contributed by atoms with Gasteiger partial charge in [-0.15, -0.1) is 0 Å². The summed E-state index contributed by atoms with van der Waals surface area (Å²) in [5.41, 5.74) is 0. The van der Waals surface area contributed by atoms with Gasteiger partial charge >= 0.3 is 12.1 Å². The number of aliphatic carboxylic acids is 1. The molecule has 5 heteroatoms. The Morgan fingerprint density at radius 3 is 2.64 bits per heavy atom. The van der Waals surface area contributed by atoms with Gasteiger partial charge < -0.3 is 15.2 Å². The number of carboxylic acids is 1. The Bertz CT molecular complexity index is 193. The standard InChI is InChI=1S/C9H17NO4/c1-3-4-5-14-9(13)10-7(2)6-8(11)12/h7H,3-6H2,1-2H3,(H,10,13)(H,11,12)/t7-/m1/s1. The summed E-state index contributed by atoms with van der Waals surface area (Å²) in [5, 5.41) is 10.8. The number of carbonyl (C=O) groups is 2. The van der Waals surface area contributed by atoms with E-state index in [1.165, 1.54) is 0 Å². The summed E-state index contributed by atoms with van der Waals surface area (Å²) in [5.74, 6) is -0.939. The Labute approximate surface area is 83.4 Å². The topological polar surface area (TPSA) is 75.6 Å². The minimum atomic E-state index is -0.939. The van der Waals surface area contributed by atoms with Crippen LogP contribution >= 0.6 is 0 Å². The monoisotopic (exact) mass is 203 g/mol. The largest absolute Gasteiger partial charge is 0.481 e. The molecule has 0 saturated heterocycles. The molecule has 0 bridgehead atoms. The first-order valence-electron chi connectivity index (χ1n) is 4.71. The van der Waals surface area contributed by atoms with Gasteiger partial charge in [-0.05, 0) is 13.3 Å². The number of alkyl carbamates (subject to hydrolysis) is 1. The third kappa shape index (κ3) is 7.39. The summed E-state index contributed by atoms with van der Waals surface area (Å²) < 4.78 is 4.79. The number of unbranched alkanes of at least 4 members (excludes halogenated alkanes) is 1. The minimum Gasteiger partial charge on any atom is -0.481 e. The zero-order valence-electron chi connectivity index (χ0n) is 8.58.